The molecule has 1 aliphatic rings. The number of para-hydroxylation sites is 2. The van der Waals surface area contributed by atoms with Crippen molar-refractivity contribution in [3.8, 4) is 11.5 Å². The normalized spacial score (nSPS) is 17.8. The number of amides is 1. The zero-order valence-electron chi connectivity index (χ0n) is 13.0. The Balaban J connectivity index is 1.75. The third-order valence-electron chi connectivity index (χ3n) is 3.83. The number of hydrogen-bond acceptors (Lipinski definition) is 5. The average molecular weight is 348 g/mol. The van der Waals surface area contributed by atoms with Gasteiger partial charge < -0.3 is 14.7 Å². The van der Waals surface area contributed by atoms with Gasteiger partial charge in [-0.25, -0.2) is 9.69 Å². The van der Waals surface area contributed by atoms with Gasteiger partial charge in [0.25, 0.3) is 0 Å². The molecule has 0 radical (unpaired) electrons. The molecule has 1 aliphatic heterocycles. The maximum absolute atomic E-state index is 12.4. The standard InChI is InChI=1S/C17H15ClN2O4/c1-23-14-4-2-3-5-15(14)24-9-8-20-13-7-6-11(18)10-12(13)16(19-22)17(20)21/h2-7,10,22H,8-9H2,1H3/p+1. The van der Waals surface area contributed by atoms with E-state index in [9.17, 15) is 4.79 Å². The van der Waals surface area contributed by atoms with Gasteiger partial charge in [-0.3, -0.25) is 0 Å². The van der Waals surface area contributed by atoms with Crippen LogP contribution in [0.5, 0.6) is 11.5 Å². The number of nitrogens with zero attached hydrogens (tertiary/aromatic N) is 1. The van der Waals surface area contributed by atoms with E-state index in [1.165, 1.54) is 0 Å². The third kappa shape index (κ3) is 2.93. The van der Waals surface area contributed by atoms with Crippen LogP contribution in [0.2, 0.25) is 5.02 Å². The van der Waals surface area contributed by atoms with Crippen molar-refractivity contribution in [3.05, 3.63) is 53.1 Å². The van der Waals surface area contributed by atoms with Gasteiger partial charge in [0.15, 0.2) is 11.5 Å². The van der Waals surface area contributed by atoms with Crippen molar-refractivity contribution in [3.63, 3.8) is 0 Å². The zero-order valence-corrected chi connectivity index (χ0v) is 13.7. The molecule has 0 bridgehead atoms. The highest BCUT2D eigenvalue weighted by atomic mass is 35.5. The fourth-order valence-corrected chi connectivity index (χ4v) is 2.88. The number of halogens is 1. The van der Waals surface area contributed by atoms with E-state index in [4.69, 9.17) is 26.3 Å². The minimum absolute atomic E-state index is 0.0137. The Morgan fingerprint density at radius 1 is 1.21 bits per heavy atom. The first kappa shape index (κ1) is 16.3. The molecule has 0 aromatic heterocycles. The number of rotatable bonds is 5. The molecule has 1 amide bonds. The highest BCUT2D eigenvalue weighted by Gasteiger charge is 2.40. The molecular weight excluding hydrogens is 332 g/mol. The molecule has 0 fully saturated rings. The van der Waals surface area contributed by atoms with Crippen LogP contribution in [-0.2, 0) is 4.79 Å². The van der Waals surface area contributed by atoms with Crippen molar-refractivity contribution >= 4 is 28.9 Å². The van der Waals surface area contributed by atoms with E-state index in [2.05, 4.69) is 5.16 Å². The molecular formula is C17H16ClN2O4+. The molecule has 6 nitrogen and oxygen atoms in total. The van der Waals surface area contributed by atoms with Crippen LogP contribution in [0.3, 0.4) is 0 Å². The quantitative estimate of drug-likeness (QED) is 0.637. The lowest BCUT2D eigenvalue weighted by Crippen LogP contribution is -3.09. The van der Waals surface area contributed by atoms with Gasteiger partial charge in [-0.2, -0.15) is 0 Å². The third-order valence-corrected chi connectivity index (χ3v) is 4.06. The minimum Gasteiger partial charge on any atom is -0.493 e. The van der Waals surface area contributed by atoms with Crippen LogP contribution in [0.15, 0.2) is 47.6 Å². The SMILES string of the molecule is COc1ccccc1OCC[NH+]1C(=O)C(=NO)c2cc(Cl)ccc21. The summed E-state index contributed by atoms with van der Waals surface area (Å²) in [6.07, 6.45) is 0. The summed E-state index contributed by atoms with van der Waals surface area (Å²) in [5.41, 5.74) is 1.28. The summed E-state index contributed by atoms with van der Waals surface area (Å²) < 4.78 is 10.9. The van der Waals surface area contributed by atoms with E-state index in [0.717, 1.165) is 5.69 Å². The van der Waals surface area contributed by atoms with E-state index in [1.807, 2.05) is 12.1 Å². The van der Waals surface area contributed by atoms with Gasteiger partial charge in [0.2, 0.25) is 5.71 Å². The van der Waals surface area contributed by atoms with Crippen LogP contribution in [0.4, 0.5) is 5.69 Å². The Kier molecular flexibility index (Phi) is 4.69. The second kappa shape index (κ2) is 6.90. The van der Waals surface area contributed by atoms with Crippen molar-refractivity contribution < 1.29 is 24.4 Å². The monoisotopic (exact) mass is 347 g/mol. The first-order valence-electron chi connectivity index (χ1n) is 7.34. The molecule has 24 heavy (non-hydrogen) atoms. The Morgan fingerprint density at radius 2 is 1.96 bits per heavy atom. The fraction of sp³-hybridized carbons (Fsp3) is 0.176. The number of methoxy groups -OCH3 is 1. The summed E-state index contributed by atoms with van der Waals surface area (Å²) in [5, 5.41) is 12.7. The zero-order chi connectivity index (χ0) is 17.1. The van der Waals surface area contributed by atoms with E-state index in [-0.39, 0.29) is 11.6 Å². The number of oxime groups is 1. The average Bonchev–Trinajstić information content (AvgIpc) is 2.86. The Labute approximate surface area is 143 Å². The van der Waals surface area contributed by atoms with E-state index < -0.39 is 0 Å². The van der Waals surface area contributed by atoms with E-state index >= 15 is 0 Å². The number of benzene rings is 2. The molecule has 0 saturated heterocycles. The molecule has 7 heteroatoms. The van der Waals surface area contributed by atoms with Crippen molar-refractivity contribution in [2.75, 3.05) is 20.3 Å². The Hall–Kier alpha value is -2.57. The molecule has 1 heterocycles. The van der Waals surface area contributed by atoms with Crippen LogP contribution >= 0.6 is 11.6 Å². The summed E-state index contributed by atoms with van der Waals surface area (Å²) in [5.74, 6) is 0.932. The van der Waals surface area contributed by atoms with Gasteiger partial charge in [-0.15, -0.1) is 0 Å². The number of carbonyl (C=O) groups is 1. The van der Waals surface area contributed by atoms with Gasteiger partial charge in [0.05, 0.1) is 12.7 Å². The summed E-state index contributed by atoms with van der Waals surface area (Å²) in [6, 6.07) is 12.4. The lowest BCUT2D eigenvalue weighted by Gasteiger charge is -2.13. The second-order valence-corrected chi connectivity index (χ2v) is 5.63. The molecule has 2 aromatic carbocycles. The lowest BCUT2D eigenvalue weighted by atomic mass is 10.1. The van der Waals surface area contributed by atoms with E-state index in [0.29, 0.717) is 40.1 Å². The lowest BCUT2D eigenvalue weighted by molar-refractivity contribution is -0.742. The molecule has 3 rings (SSSR count). The maximum Gasteiger partial charge on any atom is 0.372 e. The summed E-state index contributed by atoms with van der Waals surface area (Å²) in [4.78, 5) is 13.0. The minimum atomic E-state index is -0.307. The number of quaternary nitrogens is 1. The van der Waals surface area contributed by atoms with Gasteiger partial charge in [0.1, 0.15) is 18.8 Å². The Bertz CT molecular complexity index is 807. The smallest absolute Gasteiger partial charge is 0.372 e. The first-order valence-corrected chi connectivity index (χ1v) is 7.72. The number of carbonyl (C=O) groups excluding carboxylic acids is 1. The van der Waals surface area contributed by atoms with E-state index in [1.54, 1.807) is 37.4 Å². The molecule has 0 spiro atoms. The van der Waals surface area contributed by atoms with Crippen molar-refractivity contribution in [1.29, 1.82) is 0 Å². The Morgan fingerprint density at radius 3 is 2.67 bits per heavy atom. The van der Waals surface area contributed by atoms with Gasteiger partial charge in [-0.05, 0) is 24.3 Å². The molecule has 124 valence electrons. The highest BCUT2D eigenvalue weighted by Crippen LogP contribution is 2.26. The van der Waals surface area contributed by atoms with Crippen LogP contribution in [0.1, 0.15) is 5.56 Å². The van der Waals surface area contributed by atoms with Gasteiger partial charge in [-0.1, -0.05) is 28.9 Å². The molecule has 1 unspecified atom stereocenters. The largest absolute Gasteiger partial charge is 0.493 e. The van der Waals surface area contributed by atoms with Crippen LogP contribution in [-0.4, -0.2) is 37.1 Å². The van der Waals surface area contributed by atoms with Crippen molar-refractivity contribution in [2.24, 2.45) is 5.16 Å². The van der Waals surface area contributed by atoms with Gasteiger partial charge in [0, 0.05) is 11.1 Å². The predicted octanol–water partition coefficient (Wildman–Crippen LogP) is 1.66. The number of nitrogens with one attached hydrogen (secondary N) is 1. The molecule has 2 N–H and O–H groups in total. The van der Waals surface area contributed by atoms with Gasteiger partial charge >= 0.3 is 5.91 Å². The molecule has 0 aliphatic carbocycles. The molecule has 1 atom stereocenters. The highest BCUT2D eigenvalue weighted by molar-refractivity contribution is 6.46. The first-order chi connectivity index (χ1) is 11.7. The number of ether oxygens (including phenoxy) is 2. The summed E-state index contributed by atoms with van der Waals surface area (Å²) in [6.45, 7) is 0.673. The maximum atomic E-state index is 12.4. The molecule has 2 aromatic rings. The van der Waals surface area contributed by atoms with Crippen molar-refractivity contribution in [1.82, 2.24) is 0 Å². The van der Waals surface area contributed by atoms with Crippen LogP contribution in [0.25, 0.3) is 0 Å². The number of hydrogen-bond donors (Lipinski definition) is 2. The molecule has 0 saturated carbocycles. The van der Waals surface area contributed by atoms with Crippen LogP contribution in [0, 0.1) is 0 Å². The summed E-state index contributed by atoms with van der Waals surface area (Å²) >= 11 is 5.96. The van der Waals surface area contributed by atoms with Crippen LogP contribution < -0.4 is 14.4 Å². The fourth-order valence-electron chi connectivity index (χ4n) is 2.71. The summed E-state index contributed by atoms with van der Waals surface area (Å²) in [7, 11) is 1.57. The predicted molar refractivity (Wildman–Crippen MR) is 88.8 cm³/mol. The number of fused-ring (bicyclic) bond motifs is 1. The topological polar surface area (TPSA) is 72.6 Å². The second-order valence-electron chi connectivity index (χ2n) is 5.20. The van der Waals surface area contributed by atoms with Crippen molar-refractivity contribution in [2.45, 2.75) is 0 Å².